The first-order valence-electron chi connectivity index (χ1n) is 16.6. The van der Waals surface area contributed by atoms with Crippen molar-refractivity contribution in [1.82, 2.24) is 0 Å². The van der Waals surface area contributed by atoms with E-state index in [1.54, 1.807) is 0 Å². The van der Waals surface area contributed by atoms with Crippen LogP contribution in [0.4, 0.5) is 0 Å². The Hall–Kier alpha value is -2.39. The number of esters is 2. The summed E-state index contributed by atoms with van der Waals surface area (Å²) >= 11 is 0. The zero-order chi connectivity index (χ0) is 34.9. The molecule has 2 saturated heterocycles. The van der Waals surface area contributed by atoms with E-state index in [0.717, 1.165) is 54.3 Å². The number of ether oxygens (including phenoxy) is 2. The molecule has 263 valence electrons. The summed E-state index contributed by atoms with van der Waals surface area (Å²) in [5.74, 6) is -0.358. The van der Waals surface area contributed by atoms with Crippen LogP contribution >= 0.6 is 0 Å². The van der Waals surface area contributed by atoms with Crippen LogP contribution in [0.3, 0.4) is 0 Å². The van der Waals surface area contributed by atoms with E-state index in [1.165, 1.54) is 18.8 Å². The highest BCUT2D eigenvalue weighted by molar-refractivity contribution is 6.45. The third-order valence-electron chi connectivity index (χ3n) is 9.26. The highest BCUT2D eigenvalue weighted by atomic mass is 16.7. The van der Waals surface area contributed by atoms with Crippen LogP contribution in [0.1, 0.15) is 123 Å². The minimum Gasteiger partial charge on any atom is -0.463 e. The smallest absolute Gasteiger partial charge is 0.463 e. The lowest BCUT2D eigenvalue weighted by molar-refractivity contribution is -0.139. The van der Waals surface area contributed by atoms with Gasteiger partial charge in [-0.05, 0) is 113 Å². The lowest BCUT2D eigenvalue weighted by atomic mass is 9.81. The number of carbonyl (C=O) groups is 2. The Labute approximate surface area is 286 Å². The van der Waals surface area contributed by atoms with E-state index in [-0.39, 0.29) is 48.9 Å². The van der Waals surface area contributed by atoms with Gasteiger partial charge in [-0.1, -0.05) is 43.2 Å². The summed E-state index contributed by atoms with van der Waals surface area (Å²) in [4.78, 5) is 23.6. The van der Waals surface area contributed by atoms with Gasteiger partial charge < -0.3 is 28.1 Å². The molecule has 0 bridgehead atoms. The monoisotopic (exact) mass is 655 g/mol. The average molecular weight is 656 g/mol. The molecule has 10 heteroatoms. The van der Waals surface area contributed by atoms with Crippen LogP contribution in [-0.4, -0.2) is 62.4 Å². The van der Waals surface area contributed by atoms with Crippen molar-refractivity contribution in [3.63, 3.8) is 0 Å². The van der Waals surface area contributed by atoms with E-state index in [2.05, 4.69) is 47.3 Å². The molecule has 4 aliphatic rings. The maximum atomic E-state index is 12.0. The second kappa shape index (κ2) is 17.8. The topological polar surface area (TPSA) is 89.5 Å². The quantitative estimate of drug-likeness (QED) is 0.131. The molecular formula is C37H61B2O8. The fraction of sp³-hybridized carbons (Fsp3) is 0.676. The van der Waals surface area contributed by atoms with Gasteiger partial charge in [0.25, 0.3) is 0 Å². The first-order valence-corrected chi connectivity index (χ1v) is 16.6. The summed E-state index contributed by atoms with van der Waals surface area (Å²) in [6, 6.07) is 0. The maximum absolute atomic E-state index is 12.0. The molecule has 4 rings (SSSR count). The fourth-order valence-corrected chi connectivity index (χ4v) is 5.15. The minimum absolute atomic E-state index is 0. The van der Waals surface area contributed by atoms with Gasteiger partial charge in [0, 0.05) is 24.0 Å². The molecule has 0 N–H and O–H groups in total. The Bertz CT molecular complexity index is 1210. The van der Waals surface area contributed by atoms with E-state index >= 15 is 0 Å². The van der Waals surface area contributed by atoms with Crippen molar-refractivity contribution < 1.29 is 37.7 Å². The number of hydrogen-bond acceptors (Lipinski definition) is 8. The lowest BCUT2D eigenvalue weighted by Gasteiger charge is -2.32. The van der Waals surface area contributed by atoms with Crippen molar-refractivity contribution in [3.8, 4) is 0 Å². The summed E-state index contributed by atoms with van der Waals surface area (Å²) in [7, 11) is 1.25. The van der Waals surface area contributed by atoms with Gasteiger partial charge in [0.1, 0.15) is 0 Å². The molecule has 0 aromatic carbocycles. The second-order valence-corrected chi connectivity index (χ2v) is 14.2. The summed E-state index contributed by atoms with van der Waals surface area (Å²) in [5, 5.41) is 0. The summed E-state index contributed by atoms with van der Waals surface area (Å²) < 4.78 is 32.6. The van der Waals surface area contributed by atoms with Gasteiger partial charge in [-0.15, -0.1) is 6.58 Å². The molecule has 0 atom stereocenters. The van der Waals surface area contributed by atoms with Gasteiger partial charge in [0.2, 0.25) is 0 Å². The second-order valence-electron chi connectivity index (χ2n) is 14.2. The summed E-state index contributed by atoms with van der Waals surface area (Å²) in [6.07, 6.45) is 10.8. The van der Waals surface area contributed by atoms with Crippen molar-refractivity contribution in [1.29, 1.82) is 0 Å². The van der Waals surface area contributed by atoms with Gasteiger partial charge in [-0.2, -0.15) is 0 Å². The molecule has 47 heavy (non-hydrogen) atoms. The normalized spacial score (nSPS) is 21.3. The fourth-order valence-electron chi connectivity index (χ4n) is 5.15. The summed E-state index contributed by atoms with van der Waals surface area (Å²) in [5.41, 5.74) is 5.27. The van der Waals surface area contributed by atoms with Crippen LogP contribution in [0.25, 0.3) is 0 Å². The van der Waals surface area contributed by atoms with Crippen molar-refractivity contribution in [2.75, 3.05) is 13.2 Å². The van der Waals surface area contributed by atoms with Crippen LogP contribution in [0, 0.1) is 0 Å². The molecule has 1 radical (unpaired) electrons. The first-order chi connectivity index (χ1) is 21.3. The van der Waals surface area contributed by atoms with E-state index < -0.39 is 0 Å². The van der Waals surface area contributed by atoms with E-state index in [0.29, 0.717) is 19.6 Å². The van der Waals surface area contributed by atoms with Gasteiger partial charge in [-0.3, -0.25) is 0 Å². The Morgan fingerprint density at radius 2 is 1.23 bits per heavy atom. The van der Waals surface area contributed by atoms with Crippen molar-refractivity contribution in [2.24, 2.45) is 0 Å². The Morgan fingerprint density at radius 1 is 0.809 bits per heavy atom. The molecule has 0 unspecified atom stereocenters. The van der Waals surface area contributed by atoms with Crippen LogP contribution < -0.4 is 0 Å². The predicted octanol–water partition coefficient (Wildman–Crippen LogP) is 8.60. The van der Waals surface area contributed by atoms with Gasteiger partial charge >= 0.3 is 26.7 Å². The van der Waals surface area contributed by atoms with Crippen LogP contribution in [0.2, 0.25) is 6.32 Å². The van der Waals surface area contributed by atoms with Crippen LogP contribution in [0.5, 0.6) is 0 Å². The highest BCUT2D eigenvalue weighted by Crippen LogP contribution is 2.39. The van der Waals surface area contributed by atoms with Gasteiger partial charge in [-0.25, -0.2) is 9.59 Å². The molecule has 0 spiro atoms. The SMILES string of the molecule is C.C=CCC1=C(C(=O)OCC)CC(C)=C1.CC1(C)O[B]OC1(C)C.CCOC(=O)C1=C(CCCB2OC(C)(C)C(C)(C)O2)C=C(C)C1. The third kappa shape index (κ3) is 11.6. The third-order valence-corrected chi connectivity index (χ3v) is 9.26. The molecular weight excluding hydrogens is 594 g/mol. The average Bonchev–Trinajstić information content (AvgIpc) is 3.62. The van der Waals surface area contributed by atoms with Gasteiger partial charge in [0.15, 0.2) is 0 Å². The van der Waals surface area contributed by atoms with Crippen molar-refractivity contribution >= 4 is 26.7 Å². The molecule has 8 nitrogen and oxygen atoms in total. The predicted molar refractivity (Wildman–Crippen MR) is 192 cm³/mol. The zero-order valence-electron chi connectivity index (χ0n) is 30.5. The zero-order valence-corrected chi connectivity index (χ0v) is 30.5. The van der Waals surface area contributed by atoms with E-state index in [1.807, 2.05) is 60.6 Å². The highest BCUT2D eigenvalue weighted by Gasteiger charge is 2.50. The van der Waals surface area contributed by atoms with Crippen LogP contribution in [-0.2, 0) is 37.7 Å². The summed E-state index contributed by atoms with van der Waals surface area (Å²) in [6.45, 7) is 28.6. The molecule has 2 fully saturated rings. The van der Waals surface area contributed by atoms with Crippen molar-refractivity contribution in [3.05, 3.63) is 58.2 Å². The number of hydrogen-bond donors (Lipinski definition) is 0. The molecule has 0 aromatic heterocycles. The van der Waals surface area contributed by atoms with E-state index in [4.69, 9.17) is 28.1 Å². The first kappa shape index (κ1) is 42.6. The molecule has 2 aliphatic carbocycles. The lowest BCUT2D eigenvalue weighted by Crippen LogP contribution is -2.41. The molecule has 0 amide bonds. The number of allylic oxidation sites excluding steroid dienone is 7. The van der Waals surface area contributed by atoms with Crippen molar-refractivity contribution in [2.45, 2.75) is 151 Å². The maximum Gasteiger partial charge on any atom is 0.488 e. The molecule has 2 aliphatic heterocycles. The molecule has 0 aromatic rings. The molecule has 0 saturated carbocycles. The Kier molecular flexibility index (Phi) is 16.2. The Balaban J connectivity index is 0.000000390. The van der Waals surface area contributed by atoms with Gasteiger partial charge in [0.05, 0.1) is 35.6 Å². The minimum atomic E-state index is -0.281. The number of carbonyl (C=O) groups excluding carboxylic acids is 2. The largest absolute Gasteiger partial charge is 0.488 e. The standard InChI is InChI=1S/C18H29BO4.C12H16O2.C6H12BO2.CH4/c1-7-21-16(20)15-12-13(2)11-14(15)9-8-10-19-22-17(3,4)18(5,6)23-19;1-4-6-10-7-9(3)8-11(10)12(13)14-5-2;1-5(2)6(3,4)9-7-8-5;/h11H,7-10,12H2,1-6H3;4,7H,1,5-6,8H2,2-3H3;1-4H3;1H4. The van der Waals surface area contributed by atoms with Crippen LogP contribution in [0.15, 0.2) is 58.2 Å². The van der Waals surface area contributed by atoms with E-state index in [9.17, 15) is 9.59 Å². The Morgan fingerprint density at radius 3 is 1.62 bits per heavy atom. The molecule has 2 heterocycles. The number of rotatable bonds is 10.